The molecule has 1 nitrogen and oxygen atoms in total. The smallest absolute Gasteiger partial charge is 0.0696 e. The van der Waals surface area contributed by atoms with Crippen molar-refractivity contribution in [3.63, 3.8) is 0 Å². The first-order valence-corrected chi connectivity index (χ1v) is 7.88. The van der Waals surface area contributed by atoms with Crippen LogP contribution in [0.1, 0.15) is 61.6 Å². The minimum atomic E-state index is 0.0439. The number of methoxy groups -OCH3 is 1. The summed E-state index contributed by atoms with van der Waals surface area (Å²) < 4.78 is 5.68. The quantitative estimate of drug-likeness (QED) is 0.663. The average molecular weight is 281 g/mol. The number of aryl methyl sites for hydroxylation is 2. The van der Waals surface area contributed by atoms with E-state index in [1.807, 2.05) is 7.11 Å². The molecule has 0 heterocycles. The average Bonchev–Trinajstić information content (AvgIpc) is 2.41. The minimum Gasteiger partial charge on any atom is -0.378 e. The van der Waals surface area contributed by atoms with Crippen LogP contribution in [0.2, 0.25) is 0 Å². The molecule has 0 amide bonds. The van der Waals surface area contributed by atoms with Gasteiger partial charge in [0.05, 0.1) is 11.0 Å². The van der Waals surface area contributed by atoms with E-state index in [0.29, 0.717) is 0 Å². The molecular weight excluding hydrogens is 256 g/mol. The molecule has 2 rings (SSSR count). The molecule has 0 bridgehead atoms. The van der Waals surface area contributed by atoms with Crippen molar-refractivity contribution in [3.05, 3.63) is 34.9 Å². The third-order valence-electron chi connectivity index (χ3n) is 4.60. The van der Waals surface area contributed by atoms with E-state index in [-0.39, 0.29) is 11.0 Å². The zero-order valence-electron chi connectivity index (χ0n) is 12.3. The van der Waals surface area contributed by atoms with Gasteiger partial charge in [-0.1, -0.05) is 32.0 Å². The fraction of sp³-hybridized carbons (Fsp3) is 0.647. The van der Waals surface area contributed by atoms with Crippen LogP contribution in [0.4, 0.5) is 0 Å². The van der Waals surface area contributed by atoms with Crippen molar-refractivity contribution in [2.45, 2.75) is 63.4 Å². The van der Waals surface area contributed by atoms with Crippen LogP contribution in [0, 0.1) is 0 Å². The molecule has 0 saturated heterocycles. The molecule has 19 heavy (non-hydrogen) atoms. The van der Waals surface area contributed by atoms with Crippen molar-refractivity contribution in [1.29, 1.82) is 0 Å². The maximum atomic E-state index is 6.63. The Hall–Kier alpha value is -0.530. The van der Waals surface area contributed by atoms with E-state index >= 15 is 0 Å². The normalized spacial score (nSPS) is 18.9. The van der Waals surface area contributed by atoms with Crippen LogP contribution in [-0.2, 0) is 17.6 Å². The molecular formula is C17H25ClO. The molecule has 1 unspecified atom stereocenters. The van der Waals surface area contributed by atoms with Crippen molar-refractivity contribution in [2.75, 3.05) is 7.11 Å². The Kier molecular flexibility index (Phi) is 4.92. The third kappa shape index (κ3) is 3.14. The summed E-state index contributed by atoms with van der Waals surface area (Å²) in [5.41, 5.74) is 4.17. The number of hydrogen-bond acceptors (Lipinski definition) is 1. The summed E-state index contributed by atoms with van der Waals surface area (Å²) in [6.45, 7) is 4.42. The summed E-state index contributed by atoms with van der Waals surface area (Å²) >= 11 is 6.63. The van der Waals surface area contributed by atoms with E-state index in [0.717, 1.165) is 32.1 Å². The van der Waals surface area contributed by atoms with E-state index in [9.17, 15) is 0 Å². The highest BCUT2D eigenvalue weighted by molar-refractivity contribution is 6.20. The maximum absolute atomic E-state index is 6.63. The molecule has 0 spiro atoms. The molecule has 106 valence electrons. The van der Waals surface area contributed by atoms with E-state index < -0.39 is 0 Å². The second-order valence-corrected chi connectivity index (χ2v) is 6.17. The Balaban J connectivity index is 2.12. The SMILES string of the molecule is CCc1ccc(C(Cl)CC2(OC)CCC2)cc1CC. The predicted octanol–water partition coefficient (Wildman–Crippen LogP) is 5.05. The van der Waals surface area contributed by atoms with Crippen molar-refractivity contribution in [2.24, 2.45) is 0 Å². The van der Waals surface area contributed by atoms with Crippen LogP contribution in [0.15, 0.2) is 18.2 Å². The summed E-state index contributed by atoms with van der Waals surface area (Å²) in [5, 5.41) is 0.0662. The Labute approximate surface area is 122 Å². The lowest BCUT2D eigenvalue weighted by Crippen LogP contribution is -2.39. The topological polar surface area (TPSA) is 9.23 Å². The molecule has 1 saturated carbocycles. The van der Waals surface area contributed by atoms with Gasteiger partial charge in [-0.05, 0) is 55.2 Å². The largest absolute Gasteiger partial charge is 0.378 e. The molecule has 1 fully saturated rings. The summed E-state index contributed by atoms with van der Waals surface area (Å²) in [5.74, 6) is 0. The van der Waals surface area contributed by atoms with Crippen LogP contribution in [0.25, 0.3) is 0 Å². The van der Waals surface area contributed by atoms with Gasteiger partial charge in [0.15, 0.2) is 0 Å². The molecule has 1 aromatic carbocycles. The second-order valence-electron chi connectivity index (χ2n) is 5.65. The van der Waals surface area contributed by atoms with E-state index in [1.165, 1.54) is 23.1 Å². The summed E-state index contributed by atoms with van der Waals surface area (Å²) in [6.07, 6.45) is 6.68. The Bertz CT molecular complexity index is 418. The molecule has 0 radical (unpaired) electrons. The number of rotatable bonds is 6. The van der Waals surface area contributed by atoms with Gasteiger partial charge in [-0.3, -0.25) is 0 Å². The van der Waals surface area contributed by atoms with E-state index in [1.54, 1.807) is 0 Å². The first-order chi connectivity index (χ1) is 9.14. The first kappa shape index (κ1) is 14.9. The van der Waals surface area contributed by atoms with Gasteiger partial charge in [-0.25, -0.2) is 0 Å². The Morgan fingerprint density at radius 3 is 2.37 bits per heavy atom. The van der Waals surface area contributed by atoms with Crippen molar-refractivity contribution >= 4 is 11.6 Å². The number of hydrogen-bond donors (Lipinski definition) is 0. The van der Waals surface area contributed by atoms with Crippen molar-refractivity contribution in [1.82, 2.24) is 0 Å². The predicted molar refractivity (Wildman–Crippen MR) is 82.0 cm³/mol. The number of halogens is 1. The molecule has 1 aliphatic carbocycles. The standard InChI is InChI=1S/C17H25ClO/c1-4-13-7-8-15(11-14(13)5-2)16(18)12-17(19-3)9-6-10-17/h7-8,11,16H,4-6,9-10,12H2,1-3H3. The number of alkyl halides is 1. The highest BCUT2D eigenvalue weighted by Crippen LogP contribution is 2.44. The van der Waals surface area contributed by atoms with Crippen LogP contribution in [-0.4, -0.2) is 12.7 Å². The van der Waals surface area contributed by atoms with Crippen LogP contribution < -0.4 is 0 Å². The van der Waals surface area contributed by atoms with Crippen LogP contribution in [0.5, 0.6) is 0 Å². The molecule has 1 aliphatic rings. The Morgan fingerprint density at radius 1 is 1.21 bits per heavy atom. The molecule has 1 aromatic rings. The van der Waals surface area contributed by atoms with E-state index in [4.69, 9.17) is 16.3 Å². The Morgan fingerprint density at radius 2 is 1.89 bits per heavy atom. The highest BCUT2D eigenvalue weighted by Gasteiger charge is 2.38. The monoisotopic (exact) mass is 280 g/mol. The maximum Gasteiger partial charge on any atom is 0.0696 e. The first-order valence-electron chi connectivity index (χ1n) is 7.45. The third-order valence-corrected chi connectivity index (χ3v) is 5.01. The van der Waals surface area contributed by atoms with Gasteiger partial charge < -0.3 is 4.74 Å². The molecule has 0 aromatic heterocycles. The van der Waals surface area contributed by atoms with Gasteiger partial charge in [-0.2, -0.15) is 0 Å². The van der Waals surface area contributed by atoms with Gasteiger partial charge in [-0.15, -0.1) is 11.6 Å². The lowest BCUT2D eigenvalue weighted by atomic mass is 9.76. The van der Waals surface area contributed by atoms with Gasteiger partial charge in [0.1, 0.15) is 0 Å². The number of benzene rings is 1. The zero-order valence-corrected chi connectivity index (χ0v) is 13.1. The summed E-state index contributed by atoms with van der Waals surface area (Å²) in [4.78, 5) is 0. The highest BCUT2D eigenvalue weighted by atomic mass is 35.5. The van der Waals surface area contributed by atoms with Crippen LogP contribution in [0.3, 0.4) is 0 Å². The number of ether oxygens (including phenoxy) is 1. The van der Waals surface area contributed by atoms with Crippen molar-refractivity contribution < 1.29 is 4.74 Å². The zero-order chi connectivity index (χ0) is 13.9. The minimum absolute atomic E-state index is 0.0439. The fourth-order valence-electron chi connectivity index (χ4n) is 3.02. The molecule has 0 N–H and O–H groups in total. The summed E-state index contributed by atoms with van der Waals surface area (Å²) in [6, 6.07) is 6.72. The van der Waals surface area contributed by atoms with Gasteiger partial charge in [0.25, 0.3) is 0 Å². The van der Waals surface area contributed by atoms with Gasteiger partial charge in [0.2, 0.25) is 0 Å². The van der Waals surface area contributed by atoms with E-state index in [2.05, 4.69) is 32.0 Å². The van der Waals surface area contributed by atoms with Crippen molar-refractivity contribution in [3.8, 4) is 0 Å². The lowest BCUT2D eigenvalue weighted by Gasteiger charge is -2.41. The lowest BCUT2D eigenvalue weighted by molar-refractivity contribution is -0.0780. The van der Waals surface area contributed by atoms with Crippen LogP contribution >= 0.6 is 11.6 Å². The van der Waals surface area contributed by atoms with Gasteiger partial charge >= 0.3 is 0 Å². The second kappa shape index (κ2) is 6.28. The fourth-order valence-corrected chi connectivity index (χ4v) is 3.44. The summed E-state index contributed by atoms with van der Waals surface area (Å²) in [7, 11) is 1.82. The molecule has 2 heteroatoms. The van der Waals surface area contributed by atoms with Gasteiger partial charge in [0, 0.05) is 7.11 Å². The molecule has 0 aliphatic heterocycles. The molecule has 1 atom stereocenters.